The average molecular weight is 225 g/mol. The summed E-state index contributed by atoms with van der Waals surface area (Å²) in [5, 5.41) is 1.65. The van der Waals surface area contributed by atoms with Gasteiger partial charge >= 0.3 is 0 Å². The standard InChI is InChI=1S/C12H13ClO2/c1-3-4-8-5-9-7-11(14-2)15-12(9)10(13)6-8/h5-7H,3-4H2,1-2H3. The van der Waals surface area contributed by atoms with Crippen LogP contribution in [0.3, 0.4) is 0 Å². The van der Waals surface area contributed by atoms with Gasteiger partial charge in [-0.2, -0.15) is 0 Å². The van der Waals surface area contributed by atoms with E-state index in [4.69, 9.17) is 20.8 Å². The summed E-state index contributed by atoms with van der Waals surface area (Å²) >= 11 is 6.12. The maximum atomic E-state index is 6.12. The molecule has 0 radical (unpaired) electrons. The quantitative estimate of drug-likeness (QED) is 0.785. The highest BCUT2D eigenvalue weighted by atomic mass is 35.5. The second-order valence-corrected chi connectivity index (χ2v) is 3.92. The van der Waals surface area contributed by atoms with Gasteiger partial charge in [0.2, 0.25) is 0 Å². The lowest BCUT2D eigenvalue weighted by Gasteiger charge is -1.99. The summed E-state index contributed by atoms with van der Waals surface area (Å²) in [6, 6.07) is 5.91. The van der Waals surface area contributed by atoms with Crippen molar-refractivity contribution in [1.29, 1.82) is 0 Å². The van der Waals surface area contributed by atoms with Gasteiger partial charge in [0.1, 0.15) is 0 Å². The molecule has 0 bridgehead atoms. The molecule has 0 fully saturated rings. The van der Waals surface area contributed by atoms with Crippen LogP contribution in [0.5, 0.6) is 5.95 Å². The van der Waals surface area contributed by atoms with Crippen LogP contribution in [-0.4, -0.2) is 7.11 Å². The fourth-order valence-electron chi connectivity index (χ4n) is 1.68. The van der Waals surface area contributed by atoms with Gasteiger partial charge < -0.3 is 9.15 Å². The minimum atomic E-state index is 0.501. The molecule has 0 aliphatic heterocycles. The molecule has 1 aromatic heterocycles. The van der Waals surface area contributed by atoms with Crippen molar-refractivity contribution in [3.8, 4) is 5.95 Å². The predicted molar refractivity (Wildman–Crippen MR) is 61.8 cm³/mol. The van der Waals surface area contributed by atoms with Crippen molar-refractivity contribution in [3.05, 3.63) is 28.8 Å². The molecule has 0 aliphatic rings. The number of fused-ring (bicyclic) bond motifs is 1. The third-order valence-electron chi connectivity index (χ3n) is 2.35. The van der Waals surface area contributed by atoms with E-state index in [0.717, 1.165) is 18.2 Å². The Balaban J connectivity index is 2.54. The van der Waals surface area contributed by atoms with Crippen molar-refractivity contribution in [2.75, 3.05) is 7.11 Å². The van der Waals surface area contributed by atoms with Crippen LogP contribution in [0.4, 0.5) is 0 Å². The summed E-state index contributed by atoms with van der Waals surface area (Å²) in [5.41, 5.74) is 1.94. The molecule has 0 unspecified atom stereocenters. The monoisotopic (exact) mass is 224 g/mol. The van der Waals surface area contributed by atoms with Gasteiger partial charge in [0.25, 0.3) is 5.95 Å². The second kappa shape index (κ2) is 4.15. The van der Waals surface area contributed by atoms with Crippen molar-refractivity contribution in [2.24, 2.45) is 0 Å². The first-order chi connectivity index (χ1) is 7.24. The molecule has 1 heterocycles. The van der Waals surface area contributed by atoms with Crippen LogP contribution in [0.25, 0.3) is 11.0 Å². The molecule has 2 aromatic rings. The molecule has 0 N–H and O–H groups in total. The zero-order valence-electron chi connectivity index (χ0n) is 8.84. The molecular formula is C12H13ClO2. The Labute approximate surface area is 93.8 Å². The summed E-state index contributed by atoms with van der Waals surface area (Å²) in [7, 11) is 1.58. The predicted octanol–water partition coefficient (Wildman–Crippen LogP) is 4.05. The third kappa shape index (κ3) is 1.95. The number of ether oxygens (including phenoxy) is 1. The Bertz CT molecular complexity index is 474. The van der Waals surface area contributed by atoms with E-state index in [1.54, 1.807) is 7.11 Å². The molecule has 0 aliphatic carbocycles. The van der Waals surface area contributed by atoms with Crippen LogP contribution in [-0.2, 0) is 6.42 Å². The number of halogens is 1. The van der Waals surface area contributed by atoms with Gasteiger partial charge in [-0.3, -0.25) is 0 Å². The molecule has 0 saturated heterocycles. The Morgan fingerprint density at radius 1 is 1.33 bits per heavy atom. The molecule has 0 atom stereocenters. The van der Waals surface area contributed by atoms with E-state index in [9.17, 15) is 0 Å². The van der Waals surface area contributed by atoms with Crippen LogP contribution >= 0.6 is 11.6 Å². The number of rotatable bonds is 3. The van der Waals surface area contributed by atoms with Gasteiger partial charge in [0, 0.05) is 11.5 Å². The summed E-state index contributed by atoms with van der Waals surface area (Å²) < 4.78 is 10.5. The number of furan rings is 1. The highest BCUT2D eigenvalue weighted by molar-refractivity contribution is 6.34. The van der Waals surface area contributed by atoms with E-state index in [2.05, 4.69) is 13.0 Å². The summed E-state index contributed by atoms with van der Waals surface area (Å²) in [6.07, 6.45) is 2.14. The van der Waals surface area contributed by atoms with E-state index in [0.29, 0.717) is 16.6 Å². The highest BCUT2D eigenvalue weighted by Crippen LogP contribution is 2.31. The lowest BCUT2D eigenvalue weighted by Crippen LogP contribution is -1.82. The van der Waals surface area contributed by atoms with Gasteiger partial charge in [0.15, 0.2) is 5.58 Å². The molecule has 2 nitrogen and oxygen atoms in total. The fraction of sp³-hybridized carbons (Fsp3) is 0.333. The molecule has 1 aromatic carbocycles. The summed E-state index contributed by atoms with van der Waals surface area (Å²) in [5.74, 6) is 0.501. The smallest absolute Gasteiger partial charge is 0.285 e. The van der Waals surface area contributed by atoms with Crippen LogP contribution < -0.4 is 4.74 Å². The van der Waals surface area contributed by atoms with E-state index in [1.807, 2.05) is 12.1 Å². The highest BCUT2D eigenvalue weighted by Gasteiger charge is 2.08. The van der Waals surface area contributed by atoms with E-state index in [-0.39, 0.29) is 0 Å². The van der Waals surface area contributed by atoms with Crippen molar-refractivity contribution < 1.29 is 9.15 Å². The van der Waals surface area contributed by atoms with E-state index < -0.39 is 0 Å². The molecular weight excluding hydrogens is 212 g/mol. The lowest BCUT2D eigenvalue weighted by molar-refractivity contribution is 0.316. The Kier molecular flexibility index (Phi) is 2.87. The Morgan fingerprint density at radius 3 is 2.80 bits per heavy atom. The first-order valence-electron chi connectivity index (χ1n) is 5.00. The number of benzene rings is 1. The van der Waals surface area contributed by atoms with Crippen molar-refractivity contribution in [1.82, 2.24) is 0 Å². The largest absolute Gasteiger partial charge is 0.468 e. The number of hydrogen-bond acceptors (Lipinski definition) is 2. The second-order valence-electron chi connectivity index (χ2n) is 3.52. The van der Waals surface area contributed by atoms with Crippen LogP contribution in [0.1, 0.15) is 18.9 Å². The van der Waals surface area contributed by atoms with Crippen LogP contribution in [0.15, 0.2) is 22.6 Å². The van der Waals surface area contributed by atoms with Crippen LogP contribution in [0.2, 0.25) is 5.02 Å². The zero-order valence-corrected chi connectivity index (χ0v) is 9.60. The molecule has 0 amide bonds. The van der Waals surface area contributed by atoms with Crippen molar-refractivity contribution in [2.45, 2.75) is 19.8 Å². The topological polar surface area (TPSA) is 22.4 Å². The molecule has 2 rings (SSSR count). The molecule has 15 heavy (non-hydrogen) atoms. The lowest BCUT2D eigenvalue weighted by atomic mass is 10.1. The van der Waals surface area contributed by atoms with Gasteiger partial charge in [-0.25, -0.2) is 0 Å². The SMILES string of the molecule is CCCc1cc(Cl)c2oc(OC)cc2c1. The maximum absolute atomic E-state index is 6.12. The van der Waals surface area contributed by atoms with Gasteiger partial charge in [-0.15, -0.1) is 0 Å². The first kappa shape index (κ1) is 10.4. The summed E-state index contributed by atoms with van der Waals surface area (Å²) in [6.45, 7) is 2.15. The Morgan fingerprint density at radius 2 is 2.13 bits per heavy atom. The van der Waals surface area contributed by atoms with Gasteiger partial charge in [-0.1, -0.05) is 24.9 Å². The molecule has 0 saturated carbocycles. The summed E-state index contributed by atoms with van der Waals surface area (Å²) in [4.78, 5) is 0. The molecule has 80 valence electrons. The van der Waals surface area contributed by atoms with E-state index >= 15 is 0 Å². The maximum Gasteiger partial charge on any atom is 0.285 e. The normalized spacial score (nSPS) is 10.9. The Hall–Kier alpha value is -1.15. The molecule has 0 spiro atoms. The van der Waals surface area contributed by atoms with Crippen molar-refractivity contribution in [3.63, 3.8) is 0 Å². The first-order valence-corrected chi connectivity index (χ1v) is 5.38. The van der Waals surface area contributed by atoms with Gasteiger partial charge in [-0.05, 0) is 24.1 Å². The van der Waals surface area contributed by atoms with Crippen LogP contribution in [0, 0.1) is 0 Å². The van der Waals surface area contributed by atoms with Gasteiger partial charge in [0.05, 0.1) is 12.1 Å². The fourth-order valence-corrected chi connectivity index (χ4v) is 1.97. The number of hydrogen-bond donors (Lipinski definition) is 0. The van der Waals surface area contributed by atoms with E-state index in [1.165, 1.54) is 5.56 Å². The van der Waals surface area contributed by atoms with Crippen molar-refractivity contribution >= 4 is 22.6 Å². The number of methoxy groups -OCH3 is 1. The minimum Gasteiger partial charge on any atom is -0.468 e. The molecule has 3 heteroatoms. The average Bonchev–Trinajstić information content (AvgIpc) is 2.62. The minimum absolute atomic E-state index is 0.501. The number of aryl methyl sites for hydroxylation is 1. The zero-order chi connectivity index (χ0) is 10.8. The third-order valence-corrected chi connectivity index (χ3v) is 2.63.